The molecule has 2 aromatic carbocycles. The molecule has 2 rings (SSSR count). The highest BCUT2D eigenvalue weighted by Gasteiger charge is 2.22. The van der Waals surface area contributed by atoms with Gasteiger partial charge in [-0.05, 0) is 17.7 Å². The molecule has 0 spiro atoms. The minimum absolute atomic E-state index is 0.352. The van der Waals surface area contributed by atoms with Gasteiger partial charge in [0.05, 0.1) is 5.56 Å². The fourth-order valence-corrected chi connectivity index (χ4v) is 1.99. The number of rotatable bonds is 6. The Labute approximate surface area is 134 Å². The molecule has 0 heterocycles. The maximum absolute atomic E-state index is 11.2. The average molecular weight is 314 g/mol. The Balaban J connectivity index is 2.19. The summed E-state index contributed by atoms with van der Waals surface area (Å²) in [6, 6.07) is 16.6. The largest absolute Gasteiger partial charge is 0.488 e. The van der Waals surface area contributed by atoms with Crippen molar-refractivity contribution in [2.45, 2.75) is 26.7 Å². The molecule has 0 aliphatic heterocycles. The smallest absolute Gasteiger partial charge is 0.305 e. The molecule has 0 amide bonds. The van der Waals surface area contributed by atoms with E-state index in [1.165, 1.54) is 13.8 Å². The van der Waals surface area contributed by atoms with E-state index in [1.54, 1.807) is 24.3 Å². The quantitative estimate of drug-likeness (QED) is 0.604. The van der Waals surface area contributed by atoms with Gasteiger partial charge in [0, 0.05) is 13.8 Å². The van der Waals surface area contributed by atoms with Crippen molar-refractivity contribution in [1.29, 1.82) is 0 Å². The SMILES string of the molecule is CC(=O)OC(OC(C)=O)c1ccccc1OCc1ccccc1. The zero-order valence-corrected chi connectivity index (χ0v) is 13.0. The Morgan fingerprint density at radius 1 is 0.870 bits per heavy atom. The van der Waals surface area contributed by atoms with Crippen LogP contribution >= 0.6 is 0 Å². The molecular formula is C18H18O5. The molecule has 5 heteroatoms. The number of ether oxygens (including phenoxy) is 3. The van der Waals surface area contributed by atoms with Gasteiger partial charge in [0.25, 0.3) is 6.29 Å². The molecule has 0 aromatic heterocycles. The lowest BCUT2D eigenvalue weighted by molar-refractivity contribution is -0.186. The Hall–Kier alpha value is -2.82. The summed E-state index contributed by atoms with van der Waals surface area (Å²) in [5, 5.41) is 0. The molecule has 0 atom stereocenters. The molecule has 0 fully saturated rings. The molecule has 5 nitrogen and oxygen atoms in total. The zero-order valence-electron chi connectivity index (χ0n) is 13.0. The van der Waals surface area contributed by atoms with Crippen LogP contribution in [0.25, 0.3) is 0 Å². The van der Waals surface area contributed by atoms with Gasteiger partial charge >= 0.3 is 11.9 Å². The van der Waals surface area contributed by atoms with Gasteiger partial charge in [0.2, 0.25) is 0 Å². The van der Waals surface area contributed by atoms with Crippen LogP contribution in [0.15, 0.2) is 54.6 Å². The van der Waals surface area contributed by atoms with Gasteiger partial charge in [-0.15, -0.1) is 0 Å². The lowest BCUT2D eigenvalue weighted by Gasteiger charge is -2.19. The first-order chi connectivity index (χ1) is 11.1. The highest BCUT2D eigenvalue weighted by atomic mass is 16.7. The Bertz CT molecular complexity index is 650. The van der Waals surface area contributed by atoms with Crippen LogP contribution in [0.4, 0.5) is 0 Å². The maximum Gasteiger partial charge on any atom is 0.305 e. The van der Waals surface area contributed by atoms with Gasteiger partial charge < -0.3 is 14.2 Å². The number of carbonyl (C=O) groups is 2. The summed E-state index contributed by atoms with van der Waals surface area (Å²) in [6.07, 6.45) is -1.13. The average Bonchev–Trinajstić information content (AvgIpc) is 2.53. The standard InChI is InChI=1S/C18H18O5/c1-13(19)22-18(23-14(2)20)16-10-6-7-11-17(16)21-12-15-8-4-3-5-9-15/h3-11,18H,12H2,1-2H3. The summed E-state index contributed by atoms with van der Waals surface area (Å²) in [4.78, 5) is 22.5. The number of para-hydroxylation sites is 1. The minimum atomic E-state index is -1.13. The van der Waals surface area contributed by atoms with Crippen molar-refractivity contribution in [3.63, 3.8) is 0 Å². The van der Waals surface area contributed by atoms with Crippen LogP contribution in [0.2, 0.25) is 0 Å². The Morgan fingerprint density at radius 3 is 2.04 bits per heavy atom. The van der Waals surface area contributed by atoms with E-state index in [1.807, 2.05) is 30.3 Å². The Morgan fingerprint density at radius 2 is 1.43 bits per heavy atom. The maximum atomic E-state index is 11.2. The summed E-state index contributed by atoms with van der Waals surface area (Å²) < 4.78 is 15.9. The van der Waals surface area contributed by atoms with E-state index in [-0.39, 0.29) is 0 Å². The van der Waals surface area contributed by atoms with Crippen LogP contribution in [0.5, 0.6) is 5.75 Å². The zero-order chi connectivity index (χ0) is 16.7. The second kappa shape index (κ2) is 7.98. The first-order valence-electron chi connectivity index (χ1n) is 7.16. The molecule has 0 aliphatic rings. The summed E-state index contributed by atoms with van der Waals surface area (Å²) in [5.41, 5.74) is 1.48. The van der Waals surface area contributed by atoms with Crippen molar-refractivity contribution >= 4 is 11.9 Å². The molecule has 0 radical (unpaired) electrons. The molecule has 0 unspecified atom stereocenters. The second-order valence-electron chi connectivity index (χ2n) is 4.86. The van der Waals surface area contributed by atoms with Crippen LogP contribution in [-0.4, -0.2) is 11.9 Å². The van der Waals surface area contributed by atoms with Gasteiger partial charge in [-0.1, -0.05) is 42.5 Å². The van der Waals surface area contributed by atoms with Crippen LogP contribution in [0.1, 0.15) is 31.3 Å². The Kier molecular flexibility index (Phi) is 5.74. The highest BCUT2D eigenvalue weighted by molar-refractivity contribution is 5.68. The highest BCUT2D eigenvalue weighted by Crippen LogP contribution is 2.29. The predicted molar refractivity (Wildman–Crippen MR) is 83.5 cm³/mol. The van der Waals surface area contributed by atoms with Crippen LogP contribution in [0.3, 0.4) is 0 Å². The van der Waals surface area contributed by atoms with E-state index in [2.05, 4.69) is 0 Å². The summed E-state index contributed by atoms with van der Waals surface area (Å²) in [6.45, 7) is 2.86. The van der Waals surface area contributed by atoms with Gasteiger partial charge in [-0.25, -0.2) is 0 Å². The normalized spacial score (nSPS) is 10.2. The lowest BCUT2D eigenvalue weighted by Crippen LogP contribution is -2.16. The molecule has 0 bridgehead atoms. The van der Waals surface area contributed by atoms with Crippen LogP contribution in [-0.2, 0) is 25.7 Å². The molecule has 120 valence electrons. The number of esters is 2. The van der Waals surface area contributed by atoms with Gasteiger partial charge in [-0.3, -0.25) is 9.59 Å². The van der Waals surface area contributed by atoms with Crippen molar-refractivity contribution in [3.05, 3.63) is 65.7 Å². The summed E-state index contributed by atoms with van der Waals surface area (Å²) in [5.74, 6) is -0.605. The van der Waals surface area contributed by atoms with Crippen molar-refractivity contribution in [2.24, 2.45) is 0 Å². The molecule has 2 aromatic rings. The number of carbonyl (C=O) groups excluding carboxylic acids is 2. The number of hydrogen-bond donors (Lipinski definition) is 0. The molecule has 23 heavy (non-hydrogen) atoms. The van der Waals surface area contributed by atoms with E-state index < -0.39 is 18.2 Å². The first kappa shape index (κ1) is 16.5. The van der Waals surface area contributed by atoms with Crippen molar-refractivity contribution in [3.8, 4) is 5.75 Å². The van der Waals surface area contributed by atoms with Gasteiger partial charge in [0.1, 0.15) is 12.4 Å². The van der Waals surface area contributed by atoms with E-state index in [0.717, 1.165) is 5.56 Å². The fourth-order valence-electron chi connectivity index (χ4n) is 1.99. The van der Waals surface area contributed by atoms with E-state index >= 15 is 0 Å². The van der Waals surface area contributed by atoms with Crippen LogP contribution < -0.4 is 4.74 Å². The fraction of sp³-hybridized carbons (Fsp3) is 0.222. The third-order valence-corrected chi connectivity index (χ3v) is 2.96. The third kappa shape index (κ3) is 5.14. The number of benzene rings is 2. The monoisotopic (exact) mass is 314 g/mol. The molecule has 0 aliphatic carbocycles. The third-order valence-electron chi connectivity index (χ3n) is 2.96. The summed E-state index contributed by atoms with van der Waals surface area (Å²) in [7, 11) is 0. The first-order valence-corrected chi connectivity index (χ1v) is 7.16. The minimum Gasteiger partial charge on any atom is -0.488 e. The van der Waals surface area contributed by atoms with Gasteiger partial charge in [0.15, 0.2) is 0 Å². The van der Waals surface area contributed by atoms with E-state index in [4.69, 9.17) is 14.2 Å². The summed E-state index contributed by atoms with van der Waals surface area (Å²) >= 11 is 0. The van der Waals surface area contributed by atoms with E-state index in [9.17, 15) is 9.59 Å². The molecule has 0 saturated heterocycles. The van der Waals surface area contributed by atoms with E-state index in [0.29, 0.717) is 17.9 Å². The molecule has 0 N–H and O–H groups in total. The predicted octanol–water partition coefficient (Wildman–Crippen LogP) is 3.39. The molecular weight excluding hydrogens is 296 g/mol. The lowest BCUT2D eigenvalue weighted by atomic mass is 10.2. The topological polar surface area (TPSA) is 61.8 Å². The van der Waals surface area contributed by atoms with Crippen molar-refractivity contribution < 1.29 is 23.8 Å². The van der Waals surface area contributed by atoms with Gasteiger partial charge in [-0.2, -0.15) is 0 Å². The number of hydrogen-bond acceptors (Lipinski definition) is 5. The van der Waals surface area contributed by atoms with Crippen molar-refractivity contribution in [2.75, 3.05) is 0 Å². The molecule has 0 saturated carbocycles. The second-order valence-corrected chi connectivity index (χ2v) is 4.86. The van der Waals surface area contributed by atoms with Crippen molar-refractivity contribution in [1.82, 2.24) is 0 Å². The van der Waals surface area contributed by atoms with Crippen LogP contribution in [0, 0.1) is 0 Å².